The molecule has 1 radical (unpaired) electrons. The van der Waals surface area contributed by atoms with Crippen LogP contribution >= 0.6 is 0 Å². The maximum absolute atomic E-state index is 4.12. The number of hydrogen-bond donors (Lipinski definition) is 0. The highest BCUT2D eigenvalue weighted by Crippen LogP contribution is 2.17. The standard InChI is InChI=1S/C6H10N3/c1-3-5-7-6(4-2)9-8-5/h3-4H2,1-2H3. The molecule has 0 saturated heterocycles. The van der Waals surface area contributed by atoms with Gasteiger partial charge in [-0.3, -0.25) is 0 Å². The molecule has 1 aliphatic rings. The van der Waals surface area contributed by atoms with Gasteiger partial charge in [0.05, 0.1) is 0 Å². The van der Waals surface area contributed by atoms with Crippen LogP contribution in [0.4, 0.5) is 0 Å². The molecule has 1 rings (SSSR count). The van der Waals surface area contributed by atoms with E-state index in [1.807, 2.05) is 13.8 Å². The van der Waals surface area contributed by atoms with Crippen LogP contribution in [0.3, 0.4) is 0 Å². The van der Waals surface area contributed by atoms with Crippen molar-refractivity contribution in [2.45, 2.75) is 26.7 Å². The third-order valence-corrected chi connectivity index (χ3v) is 1.17. The van der Waals surface area contributed by atoms with Crippen LogP contribution in [-0.2, 0) is 0 Å². The molecule has 0 aromatic heterocycles. The van der Waals surface area contributed by atoms with Gasteiger partial charge in [-0.15, -0.1) is 5.11 Å². The summed E-state index contributed by atoms with van der Waals surface area (Å²) in [5.74, 6) is 0.854. The molecule has 1 aliphatic heterocycles. The first kappa shape index (κ1) is 6.39. The molecule has 0 bridgehead atoms. The fourth-order valence-electron chi connectivity index (χ4n) is 0.609. The fraction of sp³-hybridized carbons (Fsp3) is 0.667. The molecule has 0 spiro atoms. The molecule has 3 nitrogen and oxygen atoms in total. The van der Waals surface area contributed by atoms with E-state index >= 15 is 0 Å². The minimum absolute atomic E-state index is 0.854. The lowest BCUT2D eigenvalue weighted by atomic mass is 10.4. The number of rotatable bonds is 2. The summed E-state index contributed by atoms with van der Waals surface area (Å²) >= 11 is 0. The lowest BCUT2D eigenvalue weighted by Gasteiger charge is -1.89. The molecular formula is C6H10N3. The van der Waals surface area contributed by atoms with E-state index in [1.54, 1.807) is 0 Å². The summed E-state index contributed by atoms with van der Waals surface area (Å²) in [5.41, 5.74) is 0. The number of nitrogens with zero attached hydrogens (tertiary/aromatic N) is 3. The molecule has 1 heterocycles. The van der Waals surface area contributed by atoms with Gasteiger partial charge >= 0.3 is 0 Å². The zero-order chi connectivity index (χ0) is 6.69. The summed E-state index contributed by atoms with van der Waals surface area (Å²) in [6.07, 6.45) is 2.62. The Morgan fingerprint density at radius 3 is 2.22 bits per heavy atom. The van der Waals surface area contributed by atoms with Crippen molar-refractivity contribution in [3.05, 3.63) is 6.17 Å². The van der Waals surface area contributed by atoms with E-state index in [2.05, 4.69) is 15.2 Å². The molecular weight excluding hydrogens is 114 g/mol. The molecule has 0 aliphatic carbocycles. The Balaban J connectivity index is 2.52. The lowest BCUT2D eigenvalue weighted by molar-refractivity contribution is 0.853. The van der Waals surface area contributed by atoms with Gasteiger partial charge in [-0.1, -0.05) is 13.8 Å². The number of hydrogen-bond acceptors (Lipinski definition) is 3. The van der Waals surface area contributed by atoms with Crippen molar-refractivity contribution < 1.29 is 0 Å². The van der Waals surface area contributed by atoms with Gasteiger partial charge < -0.3 is 0 Å². The summed E-state index contributed by atoms with van der Waals surface area (Å²) in [6, 6.07) is 0. The zero-order valence-corrected chi connectivity index (χ0v) is 5.76. The molecule has 0 fully saturated rings. The Bertz CT molecular complexity index is 148. The first-order valence-corrected chi connectivity index (χ1v) is 3.22. The second-order valence-electron chi connectivity index (χ2n) is 1.85. The SMILES string of the molecule is CC[C]1N=NC(CC)=N1. The van der Waals surface area contributed by atoms with Gasteiger partial charge in [-0.2, -0.15) is 5.11 Å². The second-order valence-corrected chi connectivity index (χ2v) is 1.85. The van der Waals surface area contributed by atoms with Crippen LogP contribution in [-0.4, -0.2) is 5.84 Å². The highest BCUT2D eigenvalue weighted by molar-refractivity contribution is 5.84. The highest BCUT2D eigenvalue weighted by Gasteiger charge is 2.10. The summed E-state index contributed by atoms with van der Waals surface area (Å²) in [5, 5.41) is 7.69. The van der Waals surface area contributed by atoms with Crippen LogP contribution in [0.25, 0.3) is 0 Å². The van der Waals surface area contributed by atoms with Gasteiger partial charge in [0, 0.05) is 6.42 Å². The summed E-state index contributed by atoms with van der Waals surface area (Å²) in [7, 11) is 0. The summed E-state index contributed by atoms with van der Waals surface area (Å²) < 4.78 is 0. The van der Waals surface area contributed by atoms with Crippen molar-refractivity contribution >= 4 is 5.84 Å². The second kappa shape index (κ2) is 2.71. The van der Waals surface area contributed by atoms with Crippen molar-refractivity contribution in [3.8, 4) is 0 Å². The van der Waals surface area contributed by atoms with Crippen LogP contribution in [0.5, 0.6) is 0 Å². The van der Waals surface area contributed by atoms with Gasteiger partial charge in [-0.05, 0) is 6.42 Å². The van der Waals surface area contributed by atoms with E-state index in [0.717, 1.165) is 24.8 Å². The average molecular weight is 124 g/mol. The smallest absolute Gasteiger partial charge is 0.219 e. The molecule has 0 unspecified atom stereocenters. The Hall–Kier alpha value is -0.730. The van der Waals surface area contributed by atoms with Crippen LogP contribution < -0.4 is 0 Å². The van der Waals surface area contributed by atoms with Crippen molar-refractivity contribution in [2.24, 2.45) is 15.2 Å². The average Bonchev–Trinajstić information content (AvgIpc) is 2.34. The minimum Gasteiger partial charge on any atom is -0.232 e. The van der Waals surface area contributed by atoms with Gasteiger partial charge in [-0.25, -0.2) is 4.99 Å². The summed E-state index contributed by atoms with van der Waals surface area (Å²) in [4.78, 5) is 4.12. The van der Waals surface area contributed by atoms with E-state index in [9.17, 15) is 0 Å². The van der Waals surface area contributed by atoms with Gasteiger partial charge in [0.2, 0.25) is 6.17 Å². The quantitative estimate of drug-likeness (QED) is 0.541. The van der Waals surface area contributed by atoms with Crippen LogP contribution in [0, 0.1) is 6.17 Å². The number of azo groups is 1. The first-order chi connectivity index (χ1) is 4.36. The predicted molar refractivity (Wildman–Crippen MR) is 36.1 cm³/mol. The van der Waals surface area contributed by atoms with Crippen LogP contribution in [0.2, 0.25) is 0 Å². The molecule has 9 heavy (non-hydrogen) atoms. The van der Waals surface area contributed by atoms with E-state index < -0.39 is 0 Å². The minimum atomic E-state index is 0.854. The Labute approximate surface area is 54.9 Å². The van der Waals surface area contributed by atoms with Crippen molar-refractivity contribution in [1.82, 2.24) is 0 Å². The van der Waals surface area contributed by atoms with Crippen molar-refractivity contribution in [2.75, 3.05) is 0 Å². The maximum Gasteiger partial charge on any atom is 0.219 e. The molecule has 0 aromatic carbocycles. The first-order valence-electron chi connectivity index (χ1n) is 3.22. The van der Waals surface area contributed by atoms with Crippen molar-refractivity contribution in [3.63, 3.8) is 0 Å². The van der Waals surface area contributed by atoms with Gasteiger partial charge in [0.1, 0.15) is 5.84 Å². The molecule has 3 heteroatoms. The molecule has 0 aromatic rings. The third-order valence-electron chi connectivity index (χ3n) is 1.17. The largest absolute Gasteiger partial charge is 0.232 e. The topological polar surface area (TPSA) is 37.1 Å². The van der Waals surface area contributed by atoms with E-state index in [-0.39, 0.29) is 0 Å². The molecule has 0 saturated carbocycles. The predicted octanol–water partition coefficient (Wildman–Crippen LogP) is 2.16. The molecule has 49 valence electrons. The number of amidine groups is 1. The van der Waals surface area contributed by atoms with Crippen molar-refractivity contribution in [1.29, 1.82) is 0 Å². The Morgan fingerprint density at radius 1 is 1.11 bits per heavy atom. The molecule has 0 amide bonds. The third kappa shape index (κ3) is 1.34. The van der Waals surface area contributed by atoms with Crippen LogP contribution in [0.1, 0.15) is 26.7 Å². The maximum atomic E-state index is 4.12. The van der Waals surface area contributed by atoms with E-state index in [1.165, 1.54) is 0 Å². The molecule has 0 N–H and O–H groups in total. The van der Waals surface area contributed by atoms with Gasteiger partial charge in [0.25, 0.3) is 0 Å². The normalized spacial score (nSPS) is 18.7. The van der Waals surface area contributed by atoms with E-state index in [4.69, 9.17) is 0 Å². The summed E-state index contributed by atoms with van der Waals surface area (Å²) in [6.45, 7) is 4.05. The number of aliphatic imine (C=N–C) groups is 1. The van der Waals surface area contributed by atoms with Crippen LogP contribution in [0.15, 0.2) is 15.2 Å². The Kier molecular flexibility index (Phi) is 1.92. The van der Waals surface area contributed by atoms with E-state index in [0.29, 0.717) is 0 Å². The fourth-order valence-corrected chi connectivity index (χ4v) is 0.609. The highest BCUT2D eigenvalue weighted by atomic mass is 15.3. The monoisotopic (exact) mass is 124 g/mol. The zero-order valence-electron chi connectivity index (χ0n) is 5.76. The Morgan fingerprint density at radius 2 is 1.89 bits per heavy atom. The molecule has 0 atom stereocenters. The lowest BCUT2D eigenvalue weighted by Crippen LogP contribution is -1.85. The van der Waals surface area contributed by atoms with Gasteiger partial charge in [0.15, 0.2) is 0 Å².